The van der Waals surface area contributed by atoms with Crippen molar-refractivity contribution in [3.63, 3.8) is 0 Å². The first-order chi connectivity index (χ1) is 6.41. The molecule has 0 radical (unpaired) electrons. The van der Waals surface area contributed by atoms with Gasteiger partial charge in [0.2, 0.25) is 10.0 Å². The Morgan fingerprint density at radius 1 is 1.57 bits per heavy atom. The number of hydrogen-bond acceptors (Lipinski definition) is 4. The highest BCUT2D eigenvalue weighted by Gasteiger charge is 2.16. The second-order valence-corrected chi connectivity index (χ2v) is 5.10. The first-order valence-corrected chi connectivity index (χ1v) is 6.20. The minimum Gasteiger partial charge on any atom is -0.468 e. The molecule has 0 fully saturated rings. The predicted octanol–water partition coefficient (Wildman–Crippen LogP) is -0.0463. The summed E-state index contributed by atoms with van der Waals surface area (Å²) < 4.78 is 28.9. The Balaban J connectivity index is 4.02. The van der Waals surface area contributed by atoms with Gasteiger partial charge in [0.05, 0.1) is 12.9 Å². The van der Waals surface area contributed by atoms with Crippen LogP contribution in [0.1, 0.15) is 6.92 Å². The van der Waals surface area contributed by atoms with Crippen LogP contribution in [0.3, 0.4) is 0 Å². The van der Waals surface area contributed by atoms with E-state index in [1.165, 1.54) is 7.11 Å². The number of sulfonamides is 1. The van der Waals surface area contributed by atoms with Gasteiger partial charge in [0.1, 0.15) is 6.54 Å². The molecule has 5 nitrogen and oxygen atoms in total. The van der Waals surface area contributed by atoms with E-state index in [1.54, 1.807) is 6.92 Å². The van der Waals surface area contributed by atoms with Crippen LogP contribution < -0.4 is 4.72 Å². The Hall–Kier alpha value is -0.330. The molecule has 0 amide bonds. The molecule has 0 aromatic rings. The summed E-state index contributed by atoms with van der Waals surface area (Å²) in [5.41, 5.74) is 0. The number of carbonyl (C=O) groups excluding carboxylic acids is 1. The first-order valence-electron chi connectivity index (χ1n) is 4.01. The number of halogens is 1. The van der Waals surface area contributed by atoms with E-state index in [-0.39, 0.29) is 24.1 Å². The van der Waals surface area contributed by atoms with Gasteiger partial charge in [-0.1, -0.05) is 6.92 Å². The van der Waals surface area contributed by atoms with Gasteiger partial charge in [-0.15, -0.1) is 11.6 Å². The van der Waals surface area contributed by atoms with Crippen LogP contribution in [0, 0.1) is 5.92 Å². The fourth-order valence-corrected chi connectivity index (χ4v) is 2.28. The molecular formula is C7H14ClNO4S. The average molecular weight is 244 g/mol. The summed E-state index contributed by atoms with van der Waals surface area (Å²) in [5, 5.41) is 0. The molecule has 7 heteroatoms. The Kier molecular flexibility index (Phi) is 6.06. The van der Waals surface area contributed by atoms with E-state index in [9.17, 15) is 13.2 Å². The zero-order chi connectivity index (χ0) is 11.2. The molecule has 0 aliphatic carbocycles. The van der Waals surface area contributed by atoms with E-state index >= 15 is 0 Å². The average Bonchev–Trinajstić information content (AvgIpc) is 2.13. The van der Waals surface area contributed by atoms with Crippen LogP contribution in [-0.2, 0) is 19.6 Å². The third-order valence-corrected chi connectivity index (χ3v) is 3.55. The summed E-state index contributed by atoms with van der Waals surface area (Å²) in [6, 6.07) is 0. The highest BCUT2D eigenvalue weighted by atomic mass is 35.5. The Labute approximate surface area is 88.8 Å². The lowest BCUT2D eigenvalue weighted by molar-refractivity contribution is -0.139. The highest BCUT2D eigenvalue weighted by molar-refractivity contribution is 7.89. The summed E-state index contributed by atoms with van der Waals surface area (Å²) >= 11 is 5.46. The lowest BCUT2D eigenvalue weighted by atomic mass is 10.3. The van der Waals surface area contributed by atoms with Crippen molar-refractivity contribution < 1.29 is 17.9 Å². The minimum absolute atomic E-state index is 0.0898. The lowest BCUT2D eigenvalue weighted by Crippen LogP contribution is -2.34. The molecule has 0 rings (SSSR count). The number of alkyl halides is 1. The molecule has 0 bridgehead atoms. The third kappa shape index (κ3) is 6.17. The van der Waals surface area contributed by atoms with Crippen LogP contribution in [0.4, 0.5) is 0 Å². The number of ether oxygens (including phenoxy) is 1. The zero-order valence-corrected chi connectivity index (χ0v) is 9.69. The molecule has 1 atom stereocenters. The SMILES string of the molecule is COC(=O)CNS(=O)(=O)CC(C)CCl. The maximum atomic E-state index is 11.2. The van der Waals surface area contributed by atoms with Gasteiger partial charge in [-0.2, -0.15) is 0 Å². The molecule has 0 saturated carbocycles. The number of rotatable bonds is 6. The van der Waals surface area contributed by atoms with Gasteiger partial charge in [-0.05, 0) is 5.92 Å². The van der Waals surface area contributed by atoms with Crippen molar-refractivity contribution >= 4 is 27.6 Å². The predicted molar refractivity (Wildman–Crippen MR) is 53.7 cm³/mol. The highest BCUT2D eigenvalue weighted by Crippen LogP contribution is 2.01. The molecule has 0 aliphatic rings. The van der Waals surface area contributed by atoms with Crippen molar-refractivity contribution in [2.75, 3.05) is 25.3 Å². The second kappa shape index (κ2) is 6.21. The number of hydrogen-bond donors (Lipinski definition) is 1. The van der Waals surface area contributed by atoms with Gasteiger partial charge in [0.25, 0.3) is 0 Å². The number of carbonyl (C=O) groups is 1. The maximum Gasteiger partial charge on any atom is 0.320 e. The van der Waals surface area contributed by atoms with Crippen LogP contribution in [-0.4, -0.2) is 39.7 Å². The van der Waals surface area contributed by atoms with Crippen LogP contribution in [0.15, 0.2) is 0 Å². The van der Waals surface area contributed by atoms with Crippen molar-refractivity contribution in [1.82, 2.24) is 4.72 Å². The monoisotopic (exact) mass is 243 g/mol. The quantitative estimate of drug-likeness (QED) is 0.525. The molecule has 0 aliphatic heterocycles. The van der Waals surface area contributed by atoms with E-state index in [0.717, 1.165) is 0 Å². The maximum absolute atomic E-state index is 11.2. The van der Waals surface area contributed by atoms with Gasteiger partial charge in [0.15, 0.2) is 0 Å². The molecule has 1 N–H and O–H groups in total. The zero-order valence-electron chi connectivity index (χ0n) is 8.12. The Morgan fingerprint density at radius 3 is 2.57 bits per heavy atom. The summed E-state index contributed by atoms with van der Waals surface area (Å²) in [4.78, 5) is 10.6. The summed E-state index contributed by atoms with van der Waals surface area (Å²) in [5.74, 6) is -0.592. The molecule has 1 unspecified atom stereocenters. The number of esters is 1. The molecule has 14 heavy (non-hydrogen) atoms. The number of methoxy groups -OCH3 is 1. The van der Waals surface area contributed by atoms with Crippen molar-refractivity contribution in [3.05, 3.63) is 0 Å². The second-order valence-electron chi connectivity index (χ2n) is 2.94. The van der Waals surface area contributed by atoms with Gasteiger partial charge in [0, 0.05) is 5.88 Å². The van der Waals surface area contributed by atoms with Crippen molar-refractivity contribution in [3.8, 4) is 0 Å². The van der Waals surface area contributed by atoms with E-state index < -0.39 is 16.0 Å². The van der Waals surface area contributed by atoms with Crippen LogP contribution in [0.5, 0.6) is 0 Å². The summed E-state index contributed by atoms with van der Waals surface area (Å²) in [7, 11) is -2.24. The molecular weight excluding hydrogens is 230 g/mol. The molecule has 0 aromatic carbocycles. The summed E-state index contributed by atoms with van der Waals surface area (Å²) in [6.45, 7) is 1.37. The smallest absolute Gasteiger partial charge is 0.320 e. The van der Waals surface area contributed by atoms with Gasteiger partial charge in [-0.25, -0.2) is 13.1 Å². The van der Waals surface area contributed by atoms with E-state index in [0.29, 0.717) is 0 Å². The van der Waals surface area contributed by atoms with Gasteiger partial charge in [-0.3, -0.25) is 4.79 Å². The minimum atomic E-state index is -3.43. The van der Waals surface area contributed by atoms with E-state index in [2.05, 4.69) is 9.46 Å². The summed E-state index contributed by atoms with van der Waals surface area (Å²) in [6.07, 6.45) is 0. The normalized spacial score (nSPS) is 13.6. The van der Waals surface area contributed by atoms with Crippen molar-refractivity contribution in [2.45, 2.75) is 6.92 Å². The molecule has 0 spiro atoms. The van der Waals surface area contributed by atoms with Gasteiger partial charge < -0.3 is 4.74 Å². The molecule has 84 valence electrons. The largest absolute Gasteiger partial charge is 0.468 e. The van der Waals surface area contributed by atoms with E-state index in [1.807, 2.05) is 0 Å². The Morgan fingerprint density at radius 2 is 2.14 bits per heavy atom. The topological polar surface area (TPSA) is 72.5 Å². The molecule has 0 aromatic heterocycles. The van der Waals surface area contributed by atoms with Crippen LogP contribution >= 0.6 is 11.6 Å². The first kappa shape index (κ1) is 13.7. The fourth-order valence-electron chi connectivity index (χ4n) is 0.719. The molecule has 0 saturated heterocycles. The van der Waals surface area contributed by atoms with E-state index in [4.69, 9.17) is 11.6 Å². The van der Waals surface area contributed by atoms with Crippen molar-refractivity contribution in [1.29, 1.82) is 0 Å². The fraction of sp³-hybridized carbons (Fsp3) is 0.857. The molecule has 0 heterocycles. The van der Waals surface area contributed by atoms with Crippen LogP contribution in [0.25, 0.3) is 0 Å². The lowest BCUT2D eigenvalue weighted by Gasteiger charge is -2.08. The standard InChI is InChI=1S/C7H14ClNO4S/c1-6(3-8)5-14(11,12)9-4-7(10)13-2/h6,9H,3-5H2,1-2H3. The Bertz CT molecular complexity index is 277. The van der Waals surface area contributed by atoms with Gasteiger partial charge >= 0.3 is 5.97 Å². The number of nitrogens with one attached hydrogen (secondary N) is 1. The van der Waals surface area contributed by atoms with Crippen molar-refractivity contribution in [2.24, 2.45) is 5.92 Å². The van der Waals surface area contributed by atoms with Crippen LogP contribution in [0.2, 0.25) is 0 Å². The third-order valence-electron chi connectivity index (χ3n) is 1.43.